The molecule has 3 nitrogen and oxygen atoms in total. The van der Waals surface area contributed by atoms with Crippen LogP contribution in [0, 0.1) is 0 Å². The molecule has 3 aromatic rings. The number of benzene rings is 3. The molecule has 0 saturated heterocycles. The maximum atomic E-state index is 12.4. The molecule has 0 unspecified atom stereocenters. The van der Waals surface area contributed by atoms with Gasteiger partial charge >= 0.3 is 0 Å². The second kappa shape index (κ2) is 7.18. The molecule has 0 aliphatic rings. The van der Waals surface area contributed by atoms with Gasteiger partial charge in [0.1, 0.15) is 5.75 Å². The molecule has 0 spiro atoms. The zero-order valence-electron chi connectivity index (χ0n) is 13.9. The Kier molecular flexibility index (Phi) is 4.80. The molecule has 3 aromatic carbocycles. The first-order valence-electron chi connectivity index (χ1n) is 8.14. The van der Waals surface area contributed by atoms with Gasteiger partial charge in [-0.2, -0.15) is 0 Å². The number of rotatable bonds is 5. The predicted molar refractivity (Wildman–Crippen MR) is 97.0 cm³/mol. The van der Waals surface area contributed by atoms with E-state index in [-0.39, 0.29) is 11.9 Å². The third-order valence-corrected chi connectivity index (χ3v) is 4.06. The topological polar surface area (TPSA) is 38.3 Å². The molecule has 0 saturated carbocycles. The molecule has 1 amide bonds. The lowest BCUT2D eigenvalue weighted by atomic mass is 10.1. The highest BCUT2D eigenvalue weighted by Crippen LogP contribution is 2.21. The molecular weight excluding hydrogens is 298 g/mol. The van der Waals surface area contributed by atoms with Crippen molar-refractivity contribution in [3.05, 3.63) is 78.4 Å². The van der Waals surface area contributed by atoms with E-state index in [1.54, 1.807) is 6.92 Å². The van der Waals surface area contributed by atoms with Gasteiger partial charge in [0, 0.05) is 0 Å². The molecule has 0 aliphatic heterocycles. The van der Waals surface area contributed by atoms with E-state index in [2.05, 4.69) is 11.4 Å². The van der Waals surface area contributed by atoms with Crippen LogP contribution in [-0.2, 0) is 4.79 Å². The first kappa shape index (κ1) is 16.1. The van der Waals surface area contributed by atoms with Crippen molar-refractivity contribution in [2.45, 2.75) is 26.0 Å². The van der Waals surface area contributed by atoms with E-state index >= 15 is 0 Å². The summed E-state index contributed by atoms with van der Waals surface area (Å²) >= 11 is 0. The standard InChI is InChI=1S/C21H21NO2/c1-15(17-8-4-3-5-9-17)22-21(23)16(2)24-20-13-12-18-10-6-7-11-19(18)14-20/h3-16H,1-2H3,(H,22,23)/t15-,16+/m0/s1. The average Bonchev–Trinajstić information content (AvgIpc) is 2.62. The van der Waals surface area contributed by atoms with Crippen molar-refractivity contribution in [2.75, 3.05) is 0 Å². The van der Waals surface area contributed by atoms with Gasteiger partial charge in [-0.25, -0.2) is 0 Å². The SMILES string of the molecule is C[C@H](NC(=O)[C@@H](C)Oc1ccc2ccccc2c1)c1ccccc1. The van der Waals surface area contributed by atoms with Crippen LogP contribution in [0.15, 0.2) is 72.8 Å². The van der Waals surface area contributed by atoms with Gasteiger partial charge in [-0.05, 0) is 42.3 Å². The van der Waals surface area contributed by atoms with Crippen LogP contribution in [0.1, 0.15) is 25.5 Å². The van der Waals surface area contributed by atoms with Crippen molar-refractivity contribution in [3.63, 3.8) is 0 Å². The Labute approximate surface area is 142 Å². The Bertz CT molecular complexity index is 829. The van der Waals surface area contributed by atoms with Crippen LogP contribution in [0.4, 0.5) is 0 Å². The minimum atomic E-state index is -0.558. The van der Waals surface area contributed by atoms with Gasteiger partial charge < -0.3 is 10.1 Å². The summed E-state index contributed by atoms with van der Waals surface area (Å²) in [5.41, 5.74) is 1.07. The summed E-state index contributed by atoms with van der Waals surface area (Å²) < 4.78 is 5.81. The lowest BCUT2D eigenvalue weighted by molar-refractivity contribution is -0.127. The molecule has 0 heterocycles. The highest BCUT2D eigenvalue weighted by Gasteiger charge is 2.17. The Morgan fingerprint density at radius 2 is 1.54 bits per heavy atom. The van der Waals surface area contributed by atoms with E-state index in [0.29, 0.717) is 5.75 Å². The van der Waals surface area contributed by atoms with Crippen LogP contribution < -0.4 is 10.1 Å². The van der Waals surface area contributed by atoms with Crippen LogP contribution in [-0.4, -0.2) is 12.0 Å². The fraction of sp³-hybridized carbons (Fsp3) is 0.190. The van der Waals surface area contributed by atoms with Crippen molar-refractivity contribution in [2.24, 2.45) is 0 Å². The second-order valence-corrected chi connectivity index (χ2v) is 5.91. The van der Waals surface area contributed by atoms with E-state index in [9.17, 15) is 4.79 Å². The summed E-state index contributed by atoms with van der Waals surface area (Å²) in [5.74, 6) is 0.572. The molecule has 3 heteroatoms. The van der Waals surface area contributed by atoms with Crippen LogP contribution in [0.3, 0.4) is 0 Å². The zero-order valence-corrected chi connectivity index (χ0v) is 13.9. The van der Waals surface area contributed by atoms with Gasteiger partial charge in [-0.15, -0.1) is 0 Å². The largest absolute Gasteiger partial charge is 0.481 e. The fourth-order valence-electron chi connectivity index (χ4n) is 2.65. The van der Waals surface area contributed by atoms with Gasteiger partial charge in [0.05, 0.1) is 6.04 Å². The van der Waals surface area contributed by atoms with Crippen molar-refractivity contribution >= 4 is 16.7 Å². The molecule has 0 aliphatic carbocycles. The van der Waals surface area contributed by atoms with Gasteiger partial charge in [0.2, 0.25) is 0 Å². The Hall–Kier alpha value is -2.81. The third kappa shape index (κ3) is 3.74. The summed E-state index contributed by atoms with van der Waals surface area (Å²) in [5, 5.41) is 5.24. The van der Waals surface area contributed by atoms with E-state index < -0.39 is 6.10 Å². The summed E-state index contributed by atoms with van der Waals surface area (Å²) in [6.07, 6.45) is -0.558. The van der Waals surface area contributed by atoms with Crippen LogP contribution in [0.2, 0.25) is 0 Å². The summed E-state index contributed by atoms with van der Waals surface area (Å²) in [4.78, 5) is 12.4. The van der Waals surface area contributed by atoms with Gasteiger partial charge in [0.25, 0.3) is 5.91 Å². The maximum absolute atomic E-state index is 12.4. The van der Waals surface area contributed by atoms with E-state index in [1.165, 1.54) is 0 Å². The first-order chi connectivity index (χ1) is 11.6. The van der Waals surface area contributed by atoms with Crippen molar-refractivity contribution in [1.82, 2.24) is 5.32 Å². The first-order valence-corrected chi connectivity index (χ1v) is 8.14. The summed E-state index contributed by atoms with van der Waals surface area (Å²) in [6, 6.07) is 23.8. The minimum Gasteiger partial charge on any atom is -0.481 e. The van der Waals surface area contributed by atoms with E-state index in [1.807, 2.05) is 73.7 Å². The van der Waals surface area contributed by atoms with Crippen LogP contribution >= 0.6 is 0 Å². The summed E-state index contributed by atoms with van der Waals surface area (Å²) in [7, 11) is 0. The lowest BCUT2D eigenvalue weighted by Crippen LogP contribution is -2.37. The average molecular weight is 319 g/mol. The molecule has 1 N–H and O–H groups in total. The number of carbonyl (C=O) groups is 1. The molecule has 0 radical (unpaired) electrons. The molecule has 2 atom stereocenters. The molecule has 122 valence electrons. The van der Waals surface area contributed by atoms with Crippen molar-refractivity contribution < 1.29 is 9.53 Å². The highest BCUT2D eigenvalue weighted by atomic mass is 16.5. The number of hydrogen-bond acceptors (Lipinski definition) is 2. The minimum absolute atomic E-state index is 0.0543. The van der Waals surface area contributed by atoms with E-state index in [0.717, 1.165) is 16.3 Å². The number of amides is 1. The summed E-state index contributed by atoms with van der Waals surface area (Å²) in [6.45, 7) is 3.73. The number of fused-ring (bicyclic) bond motifs is 1. The highest BCUT2D eigenvalue weighted by molar-refractivity contribution is 5.84. The molecule has 0 bridgehead atoms. The fourth-order valence-corrected chi connectivity index (χ4v) is 2.65. The monoisotopic (exact) mass is 319 g/mol. The van der Waals surface area contributed by atoms with Crippen molar-refractivity contribution in [1.29, 1.82) is 0 Å². The number of hydrogen-bond donors (Lipinski definition) is 1. The van der Waals surface area contributed by atoms with Crippen molar-refractivity contribution in [3.8, 4) is 5.75 Å². The molecule has 0 aromatic heterocycles. The lowest BCUT2D eigenvalue weighted by Gasteiger charge is -2.19. The van der Waals surface area contributed by atoms with Gasteiger partial charge in [-0.1, -0.05) is 60.7 Å². The Morgan fingerprint density at radius 1 is 0.875 bits per heavy atom. The molecule has 24 heavy (non-hydrogen) atoms. The maximum Gasteiger partial charge on any atom is 0.261 e. The normalized spacial score (nSPS) is 13.2. The molecule has 3 rings (SSSR count). The third-order valence-electron chi connectivity index (χ3n) is 4.06. The van der Waals surface area contributed by atoms with Crippen LogP contribution in [0.5, 0.6) is 5.75 Å². The predicted octanol–water partition coefficient (Wildman–Crippen LogP) is 4.48. The Balaban J connectivity index is 1.64. The smallest absolute Gasteiger partial charge is 0.261 e. The quantitative estimate of drug-likeness (QED) is 0.753. The van der Waals surface area contributed by atoms with Crippen LogP contribution in [0.25, 0.3) is 10.8 Å². The van der Waals surface area contributed by atoms with Gasteiger partial charge in [0.15, 0.2) is 6.10 Å². The van der Waals surface area contributed by atoms with Gasteiger partial charge in [-0.3, -0.25) is 4.79 Å². The second-order valence-electron chi connectivity index (χ2n) is 5.91. The number of carbonyl (C=O) groups excluding carboxylic acids is 1. The number of nitrogens with one attached hydrogen (secondary N) is 1. The van der Waals surface area contributed by atoms with E-state index in [4.69, 9.17) is 4.74 Å². The zero-order chi connectivity index (χ0) is 16.9. The molecule has 0 fully saturated rings. The molecular formula is C21H21NO2. The number of ether oxygens (including phenoxy) is 1. The Morgan fingerprint density at radius 3 is 2.29 bits per heavy atom.